The fraction of sp³-hybridized carbons (Fsp3) is 0.227. The second-order valence-corrected chi connectivity index (χ2v) is 7.70. The predicted octanol–water partition coefficient (Wildman–Crippen LogP) is 5.05. The van der Waals surface area contributed by atoms with Crippen molar-refractivity contribution >= 4 is 29.1 Å². The summed E-state index contributed by atoms with van der Waals surface area (Å²) in [5.41, 5.74) is 2.03. The first-order chi connectivity index (χ1) is 15.8. The predicted molar refractivity (Wildman–Crippen MR) is 118 cm³/mol. The lowest BCUT2D eigenvalue weighted by Gasteiger charge is -2.35. The third kappa shape index (κ3) is 6.04. The first-order valence-electron chi connectivity index (χ1n) is 10.0. The standard InChI is InChI=1S/C22H19ClF3N5O2/c23-16-3-1-15(2-4-16)19-9-10-20(29-28-19)30-11-13-31(14-12-30)21(32)27-17-5-7-18(8-6-17)33-22(24,25)26/h1-10H,11-14H2,(H,27,32). The van der Waals surface area contributed by atoms with Crippen LogP contribution < -0.4 is 15.0 Å². The monoisotopic (exact) mass is 477 g/mol. The molecule has 1 aliphatic rings. The van der Waals surface area contributed by atoms with E-state index in [-0.39, 0.29) is 11.8 Å². The molecule has 1 aromatic heterocycles. The molecule has 3 aromatic rings. The number of amides is 2. The number of hydrogen-bond donors (Lipinski definition) is 1. The van der Waals surface area contributed by atoms with Crippen LogP contribution in [0.4, 0.5) is 29.5 Å². The molecule has 11 heteroatoms. The molecule has 0 atom stereocenters. The van der Waals surface area contributed by atoms with Crippen molar-refractivity contribution in [1.29, 1.82) is 0 Å². The SMILES string of the molecule is O=C(Nc1ccc(OC(F)(F)F)cc1)N1CCN(c2ccc(-c3ccc(Cl)cc3)nn2)CC1. The molecule has 0 radical (unpaired) electrons. The molecule has 0 bridgehead atoms. The van der Waals surface area contributed by atoms with E-state index in [1.54, 1.807) is 17.0 Å². The zero-order valence-corrected chi connectivity index (χ0v) is 18.0. The van der Waals surface area contributed by atoms with Crippen LogP contribution in [-0.4, -0.2) is 53.7 Å². The quantitative estimate of drug-likeness (QED) is 0.569. The Morgan fingerprint density at radius 3 is 2.15 bits per heavy atom. The minimum Gasteiger partial charge on any atom is -0.406 e. The Hall–Kier alpha value is -3.53. The molecule has 2 heterocycles. The van der Waals surface area contributed by atoms with Crippen molar-refractivity contribution in [2.24, 2.45) is 0 Å². The summed E-state index contributed by atoms with van der Waals surface area (Å²) < 4.78 is 40.6. The maximum absolute atomic E-state index is 12.5. The number of rotatable bonds is 4. The average molecular weight is 478 g/mol. The van der Waals surface area contributed by atoms with Crippen LogP contribution in [-0.2, 0) is 0 Å². The van der Waals surface area contributed by atoms with E-state index >= 15 is 0 Å². The van der Waals surface area contributed by atoms with E-state index in [4.69, 9.17) is 11.6 Å². The first-order valence-corrected chi connectivity index (χ1v) is 10.4. The molecule has 0 saturated carbocycles. The molecule has 2 aromatic carbocycles. The maximum Gasteiger partial charge on any atom is 0.573 e. The molecule has 33 heavy (non-hydrogen) atoms. The number of carbonyl (C=O) groups is 1. The number of ether oxygens (including phenoxy) is 1. The summed E-state index contributed by atoms with van der Waals surface area (Å²) >= 11 is 5.91. The largest absolute Gasteiger partial charge is 0.573 e. The van der Waals surface area contributed by atoms with E-state index in [1.807, 2.05) is 29.2 Å². The Labute approximate surface area is 192 Å². The van der Waals surface area contributed by atoms with Gasteiger partial charge in [0.2, 0.25) is 0 Å². The van der Waals surface area contributed by atoms with Gasteiger partial charge < -0.3 is 19.9 Å². The average Bonchev–Trinajstić information content (AvgIpc) is 2.80. The minimum absolute atomic E-state index is 0.330. The zero-order valence-electron chi connectivity index (χ0n) is 17.2. The lowest BCUT2D eigenvalue weighted by molar-refractivity contribution is -0.274. The summed E-state index contributed by atoms with van der Waals surface area (Å²) in [5, 5.41) is 11.9. The summed E-state index contributed by atoms with van der Waals surface area (Å²) in [6.45, 7) is 2.06. The first kappa shape index (κ1) is 22.7. The summed E-state index contributed by atoms with van der Waals surface area (Å²) in [5.74, 6) is 0.366. The van der Waals surface area contributed by atoms with Gasteiger partial charge in [0.25, 0.3) is 0 Å². The third-order valence-electron chi connectivity index (χ3n) is 5.02. The molecular weight excluding hydrogens is 459 g/mol. The molecule has 0 unspecified atom stereocenters. The summed E-state index contributed by atoms with van der Waals surface area (Å²) in [6, 6.07) is 15.8. The highest BCUT2D eigenvalue weighted by molar-refractivity contribution is 6.30. The minimum atomic E-state index is -4.76. The smallest absolute Gasteiger partial charge is 0.406 e. The topological polar surface area (TPSA) is 70.6 Å². The van der Waals surface area contributed by atoms with E-state index in [0.29, 0.717) is 42.7 Å². The number of aromatic nitrogens is 2. The Kier molecular flexibility index (Phi) is 6.55. The van der Waals surface area contributed by atoms with Crippen LogP contribution in [0.15, 0.2) is 60.7 Å². The number of hydrogen-bond acceptors (Lipinski definition) is 5. The number of nitrogens with one attached hydrogen (secondary N) is 1. The molecule has 0 spiro atoms. The maximum atomic E-state index is 12.5. The molecule has 1 aliphatic heterocycles. The van der Waals surface area contributed by atoms with Crippen LogP contribution in [0.2, 0.25) is 5.02 Å². The highest BCUT2D eigenvalue weighted by Gasteiger charge is 2.31. The number of piperazine rings is 1. The zero-order chi connectivity index (χ0) is 23.4. The van der Waals surface area contributed by atoms with Gasteiger partial charge in [-0.25, -0.2) is 4.79 Å². The van der Waals surface area contributed by atoms with Crippen molar-refractivity contribution in [1.82, 2.24) is 15.1 Å². The second-order valence-electron chi connectivity index (χ2n) is 7.26. The van der Waals surface area contributed by atoms with E-state index in [2.05, 4.69) is 20.3 Å². The van der Waals surface area contributed by atoms with Crippen LogP contribution in [0.5, 0.6) is 5.75 Å². The summed E-state index contributed by atoms with van der Waals surface area (Å²) in [4.78, 5) is 16.2. The van der Waals surface area contributed by atoms with Crippen LogP contribution in [0.25, 0.3) is 11.3 Å². The molecule has 1 N–H and O–H groups in total. The van der Waals surface area contributed by atoms with E-state index in [9.17, 15) is 18.0 Å². The van der Waals surface area contributed by atoms with Crippen molar-refractivity contribution in [2.45, 2.75) is 6.36 Å². The lowest BCUT2D eigenvalue weighted by Crippen LogP contribution is -2.50. The van der Waals surface area contributed by atoms with Crippen molar-refractivity contribution in [2.75, 3.05) is 36.4 Å². The number of nitrogens with zero attached hydrogens (tertiary/aromatic N) is 4. The van der Waals surface area contributed by atoms with Gasteiger partial charge in [0.15, 0.2) is 5.82 Å². The fourth-order valence-corrected chi connectivity index (χ4v) is 3.48. The van der Waals surface area contributed by atoms with Crippen LogP contribution >= 0.6 is 11.6 Å². The van der Waals surface area contributed by atoms with Gasteiger partial charge in [-0.15, -0.1) is 23.4 Å². The van der Waals surface area contributed by atoms with Crippen molar-refractivity contribution in [3.63, 3.8) is 0 Å². The van der Waals surface area contributed by atoms with Crippen LogP contribution in [0.1, 0.15) is 0 Å². The number of halogens is 4. The Morgan fingerprint density at radius 2 is 1.58 bits per heavy atom. The highest BCUT2D eigenvalue weighted by Crippen LogP contribution is 2.24. The number of carbonyl (C=O) groups excluding carboxylic acids is 1. The van der Waals surface area contributed by atoms with Gasteiger partial charge in [0, 0.05) is 42.5 Å². The molecule has 2 amide bonds. The van der Waals surface area contributed by atoms with Gasteiger partial charge in [-0.2, -0.15) is 0 Å². The molecule has 1 saturated heterocycles. The van der Waals surface area contributed by atoms with Gasteiger partial charge in [-0.05, 0) is 48.5 Å². The van der Waals surface area contributed by atoms with E-state index in [0.717, 1.165) is 23.4 Å². The van der Waals surface area contributed by atoms with Gasteiger partial charge >= 0.3 is 12.4 Å². The summed E-state index contributed by atoms with van der Waals surface area (Å²) in [6.07, 6.45) is -4.76. The fourth-order valence-electron chi connectivity index (χ4n) is 3.35. The molecule has 0 aliphatic carbocycles. The van der Waals surface area contributed by atoms with Gasteiger partial charge in [-0.1, -0.05) is 23.7 Å². The van der Waals surface area contributed by atoms with E-state index in [1.165, 1.54) is 12.1 Å². The number of alkyl halides is 3. The van der Waals surface area contributed by atoms with Gasteiger partial charge in [-0.3, -0.25) is 0 Å². The Bertz CT molecular complexity index is 1090. The van der Waals surface area contributed by atoms with Gasteiger partial charge in [0.05, 0.1) is 5.69 Å². The number of anilines is 2. The Balaban J connectivity index is 1.29. The third-order valence-corrected chi connectivity index (χ3v) is 5.27. The molecule has 4 rings (SSSR count). The van der Waals surface area contributed by atoms with Gasteiger partial charge in [0.1, 0.15) is 5.75 Å². The summed E-state index contributed by atoms with van der Waals surface area (Å²) in [7, 11) is 0. The molecular formula is C22H19ClF3N5O2. The highest BCUT2D eigenvalue weighted by atomic mass is 35.5. The lowest BCUT2D eigenvalue weighted by atomic mass is 10.1. The van der Waals surface area contributed by atoms with Crippen LogP contribution in [0, 0.1) is 0 Å². The number of urea groups is 1. The molecule has 1 fully saturated rings. The van der Waals surface area contributed by atoms with E-state index < -0.39 is 6.36 Å². The van der Waals surface area contributed by atoms with Crippen molar-refractivity contribution < 1.29 is 22.7 Å². The number of benzene rings is 2. The molecule has 172 valence electrons. The van der Waals surface area contributed by atoms with Crippen LogP contribution in [0.3, 0.4) is 0 Å². The second kappa shape index (κ2) is 9.53. The van der Waals surface area contributed by atoms with Crippen molar-refractivity contribution in [3.05, 3.63) is 65.7 Å². The molecule has 7 nitrogen and oxygen atoms in total. The van der Waals surface area contributed by atoms with Crippen molar-refractivity contribution in [3.8, 4) is 17.0 Å². The Morgan fingerprint density at radius 1 is 0.909 bits per heavy atom. The normalized spacial score (nSPS) is 14.2.